The molecule has 0 aliphatic carbocycles. The van der Waals surface area contributed by atoms with Crippen molar-refractivity contribution in [1.82, 2.24) is 19.2 Å². The first-order valence-corrected chi connectivity index (χ1v) is 10.0. The van der Waals surface area contributed by atoms with Crippen molar-refractivity contribution in [3.63, 3.8) is 0 Å². The molecule has 24 heavy (non-hydrogen) atoms. The van der Waals surface area contributed by atoms with E-state index in [9.17, 15) is 5.11 Å². The van der Waals surface area contributed by atoms with Crippen molar-refractivity contribution in [2.45, 2.75) is 24.5 Å². The molecule has 0 radical (unpaired) electrons. The number of aromatic nitrogens is 3. The molecule has 130 valence electrons. The molecule has 0 bridgehead atoms. The van der Waals surface area contributed by atoms with Gasteiger partial charge in [0.1, 0.15) is 23.8 Å². The zero-order chi connectivity index (χ0) is 17.1. The zero-order valence-electron chi connectivity index (χ0n) is 13.1. The Kier molecular flexibility index (Phi) is 3.88. The molecular formula is C13H18N5O4PS. The van der Waals surface area contributed by atoms with E-state index in [4.69, 9.17) is 31.3 Å². The second-order valence-electron chi connectivity index (χ2n) is 5.96. The summed E-state index contributed by atoms with van der Waals surface area (Å²) in [6.07, 6.45) is 0.584. The molecule has 4 rings (SSSR count). The Morgan fingerprint density at radius 2 is 2.25 bits per heavy atom. The summed E-state index contributed by atoms with van der Waals surface area (Å²) in [6, 6.07) is 1.68. The topological polar surface area (TPSA) is 108 Å². The number of nitrogens with two attached hydrogens (primary N) is 1. The van der Waals surface area contributed by atoms with Gasteiger partial charge in [-0.05, 0) is 32.0 Å². The van der Waals surface area contributed by atoms with Crippen molar-refractivity contribution in [2.75, 3.05) is 26.4 Å². The van der Waals surface area contributed by atoms with Crippen LogP contribution in [0.2, 0.25) is 0 Å². The Labute approximate surface area is 143 Å². The lowest BCUT2D eigenvalue weighted by atomic mass is 10.1. The molecule has 3 unspecified atom stereocenters. The molecule has 11 heteroatoms. The maximum absolute atomic E-state index is 10.7. The van der Waals surface area contributed by atoms with Gasteiger partial charge in [-0.3, -0.25) is 4.57 Å². The molecule has 2 saturated heterocycles. The van der Waals surface area contributed by atoms with Gasteiger partial charge in [-0.1, -0.05) is 0 Å². The first-order chi connectivity index (χ1) is 11.4. The lowest BCUT2D eigenvalue weighted by Crippen LogP contribution is -2.41. The zero-order valence-corrected chi connectivity index (χ0v) is 14.9. The molecule has 5 atom stereocenters. The van der Waals surface area contributed by atoms with Crippen LogP contribution in [0.1, 0.15) is 6.23 Å². The third kappa shape index (κ3) is 2.38. The lowest BCUT2D eigenvalue weighted by Gasteiger charge is -2.37. The van der Waals surface area contributed by atoms with Crippen molar-refractivity contribution >= 4 is 35.3 Å². The number of imidazole rings is 1. The molecule has 2 aliphatic heterocycles. The van der Waals surface area contributed by atoms with Crippen molar-refractivity contribution in [1.29, 1.82) is 0 Å². The Bertz CT molecular complexity index is 830. The third-order valence-corrected chi connectivity index (χ3v) is 7.74. The molecule has 4 heterocycles. The lowest BCUT2D eigenvalue weighted by molar-refractivity contribution is -0.0569. The highest BCUT2D eigenvalue weighted by Crippen LogP contribution is 2.57. The average molecular weight is 371 g/mol. The SMILES string of the molecule is CN(C)P1(=S)OC[C@H]2O[C@@H](n3cnc4c(N)ccnc43)C(O)C2O1. The molecular weight excluding hydrogens is 353 g/mol. The van der Waals surface area contributed by atoms with Gasteiger partial charge in [0, 0.05) is 6.20 Å². The molecule has 9 nitrogen and oxygen atoms in total. The summed E-state index contributed by atoms with van der Waals surface area (Å²) >= 11 is 5.47. The molecule has 2 fully saturated rings. The molecule has 0 saturated carbocycles. The van der Waals surface area contributed by atoms with Crippen LogP contribution in [-0.2, 0) is 25.6 Å². The highest BCUT2D eigenvalue weighted by Gasteiger charge is 2.52. The van der Waals surface area contributed by atoms with Crippen molar-refractivity contribution < 1.29 is 18.9 Å². The summed E-state index contributed by atoms with van der Waals surface area (Å²) in [6.45, 7) is -2.31. The summed E-state index contributed by atoms with van der Waals surface area (Å²) in [5, 5.41) is 10.7. The van der Waals surface area contributed by atoms with Crippen LogP contribution in [0.3, 0.4) is 0 Å². The Morgan fingerprint density at radius 3 is 3.00 bits per heavy atom. The predicted octanol–water partition coefficient (Wildman–Crippen LogP) is 0.473. The monoisotopic (exact) mass is 371 g/mol. The van der Waals surface area contributed by atoms with Crippen molar-refractivity contribution in [3.05, 3.63) is 18.6 Å². The minimum atomic E-state index is -2.59. The van der Waals surface area contributed by atoms with E-state index < -0.39 is 31.2 Å². The van der Waals surface area contributed by atoms with Crippen LogP contribution >= 0.6 is 6.64 Å². The number of aliphatic hydroxyl groups is 1. The first-order valence-electron chi connectivity index (χ1n) is 7.42. The Hall–Kier alpha value is -1.13. The van der Waals surface area contributed by atoms with Gasteiger partial charge in [0.2, 0.25) is 0 Å². The van der Waals surface area contributed by atoms with E-state index in [1.54, 1.807) is 41.9 Å². The van der Waals surface area contributed by atoms with Crippen LogP contribution in [0.25, 0.3) is 11.2 Å². The van der Waals surface area contributed by atoms with Crippen LogP contribution < -0.4 is 5.73 Å². The maximum atomic E-state index is 10.7. The van der Waals surface area contributed by atoms with Gasteiger partial charge in [0.25, 0.3) is 6.64 Å². The fraction of sp³-hybridized carbons (Fsp3) is 0.538. The van der Waals surface area contributed by atoms with Crippen LogP contribution in [0, 0.1) is 0 Å². The highest BCUT2D eigenvalue weighted by molar-refractivity contribution is 8.08. The number of aliphatic hydroxyl groups excluding tert-OH is 1. The van der Waals surface area contributed by atoms with Gasteiger partial charge in [-0.2, -0.15) is 0 Å². The number of anilines is 1. The van der Waals surface area contributed by atoms with Gasteiger partial charge in [0.05, 0.1) is 18.6 Å². The summed E-state index contributed by atoms with van der Waals surface area (Å²) < 4.78 is 21.0. The Balaban J connectivity index is 1.67. The number of rotatable bonds is 2. The second-order valence-corrected chi connectivity index (χ2v) is 9.55. The van der Waals surface area contributed by atoms with E-state index in [0.29, 0.717) is 16.9 Å². The van der Waals surface area contributed by atoms with Crippen LogP contribution in [0.4, 0.5) is 5.69 Å². The summed E-state index contributed by atoms with van der Waals surface area (Å²) in [7, 11) is 3.60. The number of hydrogen-bond donors (Lipinski definition) is 2. The van der Waals surface area contributed by atoms with Gasteiger partial charge >= 0.3 is 0 Å². The highest BCUT2D eigenvalue weighted by atomic mass is 32.5. The molecule has 3 N–H and O–H groups in total. The maximum Gasteiger partial charge on any atom is 0.263 e. The van der Waals surface area contributed by atoms with E-state index >= 15 is 0 Å². The number of fused-ring (bicyclic) bond motifs is 2. The minimum absolute atomic E-state index is 0.274. The fourth-order valence-electron chi connectivity index (χ4n) is 2.91. The van der Waals surface area contributed by atoms with Crippen LogP contribution in [0.15, 0.2) is 18.6 Å². The minimum Gasteiger partial charge on any atom is -0.397 e. The van der Waals surface area contributed by atoms with Gasteiger partial charge in [-0.15, -0.1) is 0 Å². The summed E-state index contributed by atoms with van der Waals surface area (Å²) in [4.78, 5) is 8.55. The van der Waals surface area contributed by atoms with Gasteiger partial charge in [-0.25, -0.2) is 14.6 Å². The van der Waals surface area contributed by atoms with Gasteiger partial charge < -0.3 is 24.6 Å². The molecule has 0 aromatic carbocycles. The van der Waals surface area contributed by atoms with E-state index in [1.165, 1.54) is 0 Å². The van der Waals surface area contributed by atoms with Gasteiger partial charge in [0.15, 0.2) is 11.9 Å². The molecule has 2 aromatic heterocycles. The van der Waals surface area contributed by atoms with E-state index in [-0.39, 0.29) is 6.61 Å². The second kappa shape index (κ2) is 5.70. The summed E-state index contributed by atoms with van der Waals surface area (Å²) in [5.41, 5.74) is 7.54. The number of ether oxygens (including phenoxy) is 1. The third-order valence-electron chi connectivity index (χ3n) is 4.22. The number of nitrogen functional groups attached to an aromatic ring is 1. The van der Waals surface area contributed by atoms with Crippen molar-refractivity contribution in [3.8, 4) is 0 Å². The smallest absolute Gasteiger partial charge is 0.263 e. The quantitative estimate of drug-likeness (QED) is 0.729. The van der Waals surface area contributed by atoms with Crippen LogP contribution in [-0.4, -0.2) is 63.3 Å². The fourth-order valence-corrected chi connectivity index (χ4v) is 4.78. The molecule has 2 aromatic rings. The number of pyridine rings is 1. The number of hydrogen-bond acceptors (Lipinski definition) is 8. The largest absolute Gasteiger partial charge is 0.397 e. The summed E-state index contributed by atoms with van der Waals surface area (Å²) in [5.74, 6) is 0. The first kappa shape index (κ1) is 16.3. The Morgan fingerprint density at radius 1 is 1.46 bits per heavy atom. The number of nitrogens with zero attached hydrogens (tertiary/aromatic N) is 4. The standard InChI is InChI=1S/C13H18N5O4PS/c1-17(2)23(24)20-5-8-11(22-23)10(19)13(21-8)18-6-16-9-7(14)3-4-15-12(9)18/h3-4,6,8,10-11,13,19H,5H2,1-2H3,(H2,14,15)/t8-,10?,11?,13-,23?/m1/s1. The van der Waals surface area contributed by atoms with Crippen LogP contribution in [0.5, 0.6) is 0 Å². The van der Waals surface area contributed by atoms with Crippen molar-refractivity contribution in [2.24, 2.45) is 0 Å². The molecule has 0 amide bonds. The van der Waals surface area contributed by atoms with E-state index in [2.05, 4.69) is 9.97 Å². The predicted molar refractivity (Wildman–Crippen MR) is 90.7 cm³/mol. The average Bonchev–Trinajstić information content (AvgIpc) is 3.10. The van der Waals surface area contributed by atoms with E-state index in [1.807, 2.05) is 0 Å². The molecule has 2 aliphatic rings. The molecule has 0 spiro atoms. The van der Waals surface area contributed by atoms with E-state index in [0.717, 1.165) is 0 Å². The normalized spacial score (nSPS) is 36.3.